The van der Waals surface area contributed by atoms with Gasteiger partial charge in [-0.25, -0.2) is 0 Å². The van der Waals surface area contributed by atoms with E-state index >= 15 is 0 Å². The Morgan fingerprint density at radius 3 is 2.74 bits per heavy atom. The van der Waals surface area contributed by atoms with Crippen molar-refractivity contribution >= 4 is 35.6 Å². The zero-order chi connectivity index (χ0) is 15.8. The Morgan fingerprint density at radius 1 is 1.39 bits per heavy atom. The number of methoxy groups -OCH3 is 1. The molecule has 1 saturated heterocycles. The average molecular weight is 362 g/mol. The van der Waals surface area contributed by atoms with E-state index in [-0.39, 0.29) is 30.3 Å². The van der Waals surface area contributed by atoms with Crippen LogP contribution in [0.1, 0.15) is 23.2 Å². The van der Waals surface area contributed by atoms with Crippen molar-refractivity contribution in [2.75, 3.05) is 39.9 Å². The summed E-state index contributed by atoms with van der Waals surface area (Å²) in [6.45, 7) is 3.01. The predicted molar refractivity (Wildman–Crippen MR) is 93.4 cm³/mol. The largest absolute Gasteiger partial charge is 0.383 e. The lowest BCUT2D eigenvalue weighted by Gasteiger charge is -2.32. The molecule has 0 aromatic carbocycles. The molecule has 2 amide bonds. The second-order valence-electron chi connectivity index (χ2n) is 5.31. The second-order valence-corrected chi connectivity index (χ2v) is 6.09. The van der Waals surface area contributed by atoms with Gasteiger partial charge in [-0.1, -0.05) is 0 Å². The first-order valence-electron chi connectivity index (χ1n) is 7.51. The maximum atomic E-state index is 12.0. The van der Waals surface area contributed by atoms with Crippen LogP contribution in [0.4, 0.5) is 0 Å². The molecule has 1 fully saturated rings. The van der Waals surface area contributed by atoms with Gasteiger partial charge in [-0.3, -0.25) is 9.59 Å². The lowest BCUT2D eigenvalue weighted by Crippen LogP contribution is -2.48. The van der Waals surface area contributed by atoms with E-state index in [4.69, 9.17) is 4.74 Å². The fourth-order valence-electron chi connectivity index (χ4n) is 2.42. The van der Waals surface area contributed by atoms with E-state index in [0.717, 1.165) is 12.8 Å². The van der Waals surface area contributed by atoms with Crippen molar-refractivity contribution in [3.8, 4) is 0 Å². The maximum absolute atomic E-state index is 12.0. The SMILES string of the molecule is COCCNCC(=O)N1CCC(NC(=O)c2ccsc2)CC1.Cl. The van der Waals surface area contributed by atoms with E-state index in [9.17, 15) is 9.59 Å². The summed E-state index contributed by atoms with van der Waals surface area (Å²) in [6, 6.07) is 1.97. The highest BCUT2D eigenvalue weighted by atomic mass is 35.5. The molecular formula is C15H24ClN3O3S. The van der Waals surface area contributed by atoms with Gasteiger partial charge in [-0.2, -0.15) is 11.3 Å². The summed E-state index contributed by atoms with van der Waals surface area (Å²) in [7, 11) is 1.64. The van der Waals surface area contributed by atoms with Crippen molar-refractivity contribution in [1.82, 2.24) is 15.5 Å². The Kier molecular flexibility index (Phi) is 9.16. The number of carbonyl (C=O) groups is 2. The average Bonchev–Trinajstić information content (AvgIpc) is 3.06. The van der Waals surface area contributed by atoms with Crippen molar-refractivity contribution in [3.05, 3.63) is 22.4 Å². The monoisotopic (exact) mass is 361 g/mol. The van der Waals surface area contributed by atoms with Crippen molar-refractivity contribution in [2.24, 2.45) is 0 Å². The molecular weight excluding hydrogens is 338 g/mol. The van der Waals surface area contributed by atoms with Crippen LogP contribution >= 0.6 is 23.7 Å². The zero-order valence-corrected chi connectivity index (χ0v) is 14.9. The summed E-state index contributed by atoms with van der Waals surface area (Å²) < 4.78 is 4.92. The minimum Gasteiger partial charge on any atom is -0.383 e. The van der Waals surface area contributed by atoms with Crippen molar-refractivity contribution in [2.45, 2.75) is 18.9 Å². The number of amides is 2. The molecule has 23 heavy (non-hydrogen) atoms. The number of ether oxygens (including phenoxy) is 1. The first kappa shape index (κ1) is 19.9. The Hall–Kier alpha value is -1.15. The van der Waals surface area contributed by atoms with E-state index in [2.05, 4.69) is 10.6 Å². The van der Waals surface area contributed by atoms with Gasteiger partial charge in [0.1, 0.15) is 0 Å². The number of rotatable bonds is 7. The first-order chi connectivity index (χ1) is 10.7. The first-order valence-corrected chi connectivity index (χ1v) is 8.45. The van der Waals surface area contributed by atoms with E-state index < -0.39 is 0 Å². The second kappa shape index (κ2) is 10.6. The third-order valence-electron chi connectivity index (χ3n) is 3.73. The van der Waals surface area contributed by atoms with Gasteiger partial charge in [0, 0.05) is 43.7 Å². The molecule has 2 heterocycles. The molecule has 2 rings (SSSR count). The number of carbonyl (C=O) groups excluding carboxylic acids is 2. The van der Waals surface area contributed by atoms with Gasteiger partial charge >= 0.3 is 0 Å². The van der Waals surface area contributed by atoms with Crippen LogP contribution in [-0.4, -0.2) is 62.7 Å². The van der Waals surface area contributed by atoms with Gasteiger partial charge < -0.3 is 20.3 Å². The number of hydrogen-bond acceptors (Lipinski definition) is 5. The van der Waals surface area contributed by atoms with E-state index in [1.54, 1.807) is 7.11 Å². The number of halogens is 1. The normalized spacial score (nSPS) is 15.1. The number of nitrogens with zero attached hydrogens (tertiary/aromatic N) is 1. The van der Waals surface area contributed by atoms with E-state index in [1.807, 2.05) is 21.7 Å². The summed E-state index contributed by atoms with van der Waals surface area (Å²) in [5.74, 6) is 0.0889. The van der Waals surface area contributed by atoms with E-state index in [1.165, 1.54) is 11.3 Å². The Labute approximate surface area is 147 Å². The number of hydrogen-bond donors (Lipinski definition) is 2. The molecule has 130 valence electrons. The third kappa shape index (κ3) is 6.47. The van der Waals surface area contributed by atoms with Crippen LogP contribution in [0, 0.1) is 0 Å². The topological polar surface area (TPSA) is 70.7 Å². The fourth-order valence-corrected chi connectivity index (χ4v) is 3.05. The molecule has 0 saturated carbocycles. The minimum absolute atomic E-state index is 0. The number of nitrogens with one attached hydrogen (secondary N) is 2. The Bertz CT molecular complexity index is 476. The Morgan fingerprint density at radius 2 is 2.13 bits per heavy atom. The molecule has 2 N–H and O–H groups in total. The summed E-state index contributed by atoms with van der Waals surface area (Å²) >= 11 is 1.52. The molecule has 0 aliphatic carbocycles. The lowest BCUT2D eigenvalue weighted by molar-refractivity contribution is -0.131. The molecule has 0 radical (unpaired) electrons. The molecule has 1 aromatic rings. The van der Waals surface area contributed by atoms with E-state index in [0.29, 0.717) is 38.3 Å². The highest BCUT2D eigenvalue weighted by Gasteiger charge is 2.23. The molecule has 1 aliphatic rings. The quantitative estimate of drug-likeness (QED) is 0.714. The number of piperidine rings is 1. The van der Waals surface area contributed by atoms with Crippen LogP contribution in [0.2, 0.25) is 0 Å². The van der Waals surface area contributed by atoms with Crippen LogP contribution in [0.25, 0.3) is 0 Å². The molecule has 1 aliphatic heterocycles. The van der Waals surface area contributed by atoms with Gasteiger partial charge in [0.05, 0.1) is 13.2 Å². The van der Waals surface area contributed by atoms with Crippen LogP contribution < -0.4 is 10.6 Å². The van der Waals surface area contributed by atoms with Gasteiger partial charge in [-0.15, -0.1) is 12.4 Å². The predicted octanol–water partition coefficient (Wildman–Crippen LogP) is 1.13. The smallest absolute Gasteiger partial charge is 0.252 e. The molecule has 0 atom stereocenters. The molecule has 6 nitrogen and oxygen atoms in total. The van der Waals surface area contributed by atoms with Crippen LogP contribution in [0.5, 0.6) is 0 Å². The fraction of sp³-hybridized carbons (Fsp3) is 0.600. The lowest BCUT2D eigenvalue weighted by atomic mass is 10.0. The molecule has 8 heteroatoms. The molecule has 1 aromatic heterocycles. The third-order valence-corrected chi connectivity index (χ3v) is 4.41. The summed E-state index contributed by atoms with van der Waals surface area (Å²) in [5, 5.41) is 9.84. The summed E-state index contributed by atoms with van der Waals surface area (Å²) in [6.07, 6.45) is 1.61. The molecule has 0 spiro atoms. The van der Waals surface area contributed by atoms with Crippen molar-refractivity contribution in [1.29, 1.82) is 0 Å². The maximum Gasteiger partial charge on any atom is 0.252 e. The van der Waals surface area contributed by atoms with Crippen LogP contribution in [-0.2, 0) is 9.53 Å². The minimum atomic E-state index is -0.0211. The van der Waals surface area contributed by atoms with Crippen LogP contribution in [0.15, 0.2) is 16.8 Å². The summed E-state index contributed by atoms with van der Waals surface area (Å²) in [4.78, 5) is 25.9. The van der Waals surface area contributed by atoms with Gasteiger partial charge in [-0.05, 0) is 24.3 Å². The number of thiophene rings is 1. The Balaban J connectivity index is 0.00000264. The van der Waals surface area contributed by atoms with Crippen molar-refractivity contribution < 1.29 is 14.3 Å². The van der Waals surface area contributed by atoms with Crippen molar-refractivity contribution in [3.63, 3.8) is 0 Å². The molecule has 0 bridgehead atoms. The summed E-state index contributed by atoms with van der Waals surface area (Å²) in [5.41, 5.74) is 0.714. The number of likely N-dealkylation sites (tertiary alicyclic amines) is 1. The van der Waals surface area contributed by atoms with Crippen LogP contribution in [0.3, 0.4) is 0 Å². The van der Waals surface area contributed by atoms with Gasteiger partial charge in [0.15, 0.2) is 0 Å². The molecule has 0 unspecified atom stereocenters. The van der Waals surface area contributed by atoms with Gasteiger partial charge in [0.25, 0.3) is 5.91 Å². The highest BCUT2D eigenvalue weighted by Crippen LogP contribution is 2.12. The van der Waals surface area contributed by atoms with Gasteiger partial charge in [0.2, 0.25) is 5.91 Å². The standard InChI is InChI=1S/C15H23N3O3S.ClH/c1-21-8-5-16-10-14(19)18-6-2-13(3-7-18)17-15(20)12-4-9-22-11-12;/h4,9,11,13,16H,2-3,5-8,10H2,1H3,(H,17,20);1H. The highest BCUT2D eigenvalue weighted by molar-refractivity contribution is 7.08. The zero-order valence-electron chi connectivity index (χ0n) is 13.2.